The van der Waals surface area contributed by atoms with Gasteiger partial charge in [-0.3, -0.25) is 4.79 Å². The van der Waals surface area contributed by atoms with Crippen LogP contribution in [-0.4, -0.2) is 37.3 Å². The number of carboxylic acid groups (broad SMARTS) is 1. The van der Waals surface area contributed by atoms with Crippen LogP contribution in [-0.2, 0) is 0 Å². The number of alkyl halides is 3. The van der Waals surface area contributed by atoms with Gasteiger partial charge >= 0.3 is 12.3 Å². The monoisotopic (exact) mass is 355 g/mol. The number of carbonyl (C=O) groups is 1. The summed E-state index contributed by atoms with van der Waals surface area (Å²) < 4.78 is 41.3. The van der Waals surface area contributed by atoms with Gasteiger partial charge in [0.05, 0.1) is 11.1 Å². The summed E-state index contributed by atoms with van der Waals surface area (Å²) >= 11 is 0. The van der Waals surface area contributed by atoms with E-state index in [9.17, 15) is 33.0 Å². The van der Waals surface area contributed by atoms with E-state index < -0.39 is 35.1 Å². The molecule has 8 nitrogen and oxygen atoms in total. The fraction of sp³-hybridized carbons (Fsp3) is 0.0714. The first-order chi connectivity index (χ1) is 11.7. The number of halogens is 3. The smallest absolute Gasteiger partial charge is 0.507 e. The predicted molar refractivity (Wildman–Crippen MR) is 77.0 cm³/mol. The third-order valence-electron chi connectivity index (χ3n) is 3.17. The van der Waals surface area contributed by atoms with E-state index in [1.807, 2.05) is 0 Å². The number of carboxylic acids is 1. The second-order valence-corrected chi connectivity index (χ2v) is 4.85. The molecule has 0 atom stereocenters. The van der Waals surface area contributed by atoms with Gasteiger partial charge in [-0.15, -0.1) is 13.2 Å². The number of pyridine rings is 1. The number of hydrogen-bond donors (Lipinski definition) is 3. The molecule has 11 heteroatoms. The Morgan fingerprint density at radius 3 is 2.44 bits per heavy atom. The molecule has 0 unspecified atom stereocenters. The Labute approximate surface area is 135 Å². The highest BCUT2D eigenvalue weighted by Crippen LogP contribution is 2.28. The van der Waals surface area contributed by atoms with Gasteiger partial charge in [0.1, 0.15) is 17.1 Å². The molecule has 0 spiro atoms. The molecule has 1 aromatic carbocycles. The van der Waals surface area contributed by atoms with Crippen LogP contribution in [0.4, 0.5) is 13.2 Å². The van der Waals surface area contributed by atoms with Crippen molar-refractivity contribution in [2.24, 2.45) is 0 Å². The maximum absolute atomic E-state index is 12.2. The first-order valence-corrected chi connectivity index (χ1v) is 6.60. The van der Waals surface area contributed by atoms with Crippen molar-refractivity contribution in [3.05, 3.63) is 46.4 Å². The van der Waals surface area contributed by atoms with Gasteiger partial charge in [0, 0.05) is 6.07 Å². The summed E-state index contributed by atoms with van der Waals surface area (Å²) in [5.41, 5.74) is -1.21. The molecule has 2 aromatic heterocycles. The third kappa shape index (κ3) is 3.11. The number of nitrogens with one attached hydrogen (secondary N) is 1. The molecule has 0 aliphatic heterocycles. The molecule has 0 amide bonds. The van der Waals surface area contributed by atoms with Gasteiger partial charge < -0.3 is 19.9 Å². The van der Waals surface area contributed by atoms with E-state index in [1.54, 1.807) is 0 Å². The maximum atomic E-state index is 12.2. The van der Waals surface area contributed by atoms with E-state index in [1.165, 1.54) is 12.1 Å². The average Bonchev–Trinajstić information content (AvgIpc) is 2.86. The van der Waals surface area contributed by atoms with Gasteiger partial charge in [-0.1, -0.05) is 0 Å². The Balaban J connectivity index is 2.16. The second kappa shape index (κ2) is 5.54. The lowest BCUT2D eigenvalue weighted by Gasteiger charge is -2.09. The zero-order valence-corrected chi connectivity index (χ0v) is 12.0. The van der Waals surface area contributed by atoms with Crippen LogP contribution in [0.3, 0.4) is 0 Å². The Kier molecular flexibility index (Phi) is 3.63. The number of H-pyrrole nitrogens is 1. The van der Waals surface area contributed by atoms with Gasteiger partial charge in [0.15, 0.2) is 5.69 Å². The fourth-order valence-corrected chi connectivity index (χ4v) is 2.25. The minimum Gasteiger partial charge on any atom is -0.507 e. The number of rotatable bonds is 3. The van der Waals surface area contributed by atoms with E-state index in [0.717, 1.165) is 22.9 Å². The SMILES string of the molecule is O=C(O)c1nn(-c2ccc(OC(F)(F)F)cc2)c2[nH]c(=O)cc(O)c12. The number of aromatic carboxylic acids is 1. The number of nitrogens with zero attached hydrogens (tertiary/aromatic N) is 2. The van der Waals surface area contributed by atoms with E-state index in [-0.39, 0.29) is 16.7 Å². The highest BCUT2D eigenvalue weighted by Gasteiger charge is 2.31. The molecule has 0 radical (unpaired) electrons. The van der Waals surface area contributed by atoms with Crippen molar-refractivity contribution in [3.8, 4) is 17.2 Å². The molecule has 3 aromatic rings. The number of benzene rings is 1. The summed E-state index contributed by atoms with van der Waals surface area (Å²) in [7, 11) is 0. The lowest BCUT2D eigenvalue weighted by atomic mass is 10.2. The van der Waals surface area contributed by atoms with E-state index in [0.29, 0.717) is 0 Å². The number of ether oxygens (including phenoxy) is 1. The molecule has 0 aliphatic carbocycles. The van der Waals surface area contributed by atoms with Crippen LogP contribution in [0.1, 0.15) is 10.5 Å². The summed E-state index contributed by atoms with van der Waals surface area (Å²) in [6.45, 7) is 0. The van der Waals surface area contributed by atoms with Crippen molar-refractivity contribution < 1.29 is 32.9 Å². The molecule has 3 rings (SSSR count). The normalized spacial score (nSPS) is 11.6. The molecular formula is C14H8F3N3O5. The van der Waals surface area contributed by atoms with Crippen molar-refractivity contribution in [3.63, 3.8) is 0 Å². The first-order valence-electron chi connectivity index (χ1n) is 6.60. The molecule has 0 saturated heterocycles. The van der Waals surface area contributed by atoms with Crippen LogP contribution in [0.15, 0.2) is 35.1 Å². The van der Waals surface area contributed by atoms with E-state index in [2.05, 4.69) is 14.8 Å². The van der Waals surface area contributed by atoms with Crippen molar-refractivity contribution in [1.29, 1.82) is 0 Å². The van der Waals surface area contributed by atoms with Gasteiger partial charge in [-0.05, 0) is 24.3 Å². The van der Waals surface area contributed by atoms with Crippen molar-refractivity contribution in [1.82, 2.24) is 14.8 Å². The lowest BCUT2D eigenvalue weighted by molar-refractivity contribution is -0.274. The van der Waals surface area contributed by atoms with Crippen molar-refractivity contribution >= 4 is 17.0 Å². The quantitative estimate of drug-likeness (QED) is 0.662. The molecule has 25 heavy (non-hydrogen) atoms. The first kappa shape index (κ1) is 16.4. The van der Waals surface area contributed by atoms with Crippen LogP contribution in [0.2, 0.25) is 0 Å². The topological polar surface area (TPSA) is 117 Å². The Bertz CT molecular complexity index is 1020. The van der Waals surface area contributed by atoms with Crippen LogP contribution < -0.4 is 10.3 Å². The zero-order valence-electron chi connectivity index (χ0n) is 12.0. The minimum absolute atomic E-state index is 0.119. The van der Waals surface area contributed by atoms with Gasteiger partial charge in [0.2, 0.25) is 0 Å². The van der Waals surface area contributed by atoms with Crippen molar-refractivity contribution in [2.45, 2.75) is 6.36 Å². The Morgan fingerprint density at radius 2 is 1.88 bits per heavy atom. The summed E-state index contributed by atoms with van der Waals surface area (Å²) in [4.78, 5) is 25.1. The molecular weight excluding hydrogens is 347 g/mol. The Hall–Kier alpha value is -3.50. The molecule has 0 fully saturated rings. The van der Waals surface area contributed by atoms with Crippen LogP contribution in [0.5, 0.6) is 11.5 Å². The standard InChI is InChI=1S/C14H8F3N3O5/c15-14(16,17)25-7-3-1-6(2-4-7)20-12-10(11(19-20)13(23)24)8(21)5-9(22)18-12/h1-5H,(H,23,24)(H2,18,21,22). The van der Waals surface area contributed by atoms with Gasteiger partial charge in [0.25, 0.3) is 5.56 Å². The molecule has 0 saturated carbocycles. The van der Waals surface area contributed by atoms with Gasteiger partial charge in [-0.2, -0.15) is 5.10 Å². The van der Waals surface area contributed by atoms with Crippen LogP contribution in [0.25, 0.3) is 16.7 Å². The highest BCUT2D eigenvalue weighted by molar-refractivity contribution is 6.03. The number of aromatic nitrogens is 3. The average molecular weight is 355 g/mol. The number of aromatic amines is 1. The summed E-state index contributed by atoms with van der Waals surface area (Å²) in [5.74, 6) is -2.52. The van der Waals surface area contributed by atoms with E-state index >= 15 is 0 Å². The van der Waals surface area contributed by atoms with E-state index in [4.69, 9.17) is 0 Å². The molecule has 130 valence electrons. The fourth-order valence-electron chi connectivity index (χ4n) is 2.25. The maximum Gasteiger partial charge on any atom is 0.573 e. The predicted octanol–water partition coefficient (Wildman–Crippen LogP) is 2.02. The minimum atomic E-state index is -4.85. The van der Waals surface area contributed by atoms with Crippen LogP contribution in [0, 0.1) is 0 Å². The number of fused-ring (bicyclic) bond motifs is 1. The molecule has 0 aliphatic rings. The molecule has 3 N–H and O–H groups in total. The number of aromatic hydroxyl groups is 1. The highest BCUT2D eigenvalue weighted by atomic mass is 19.4. The third-order valence-corrected chi connectivity index (χ3v) is 3.17. The second-order valence-electron chi connectivity index (χ2n) is 4.85. The summed E-state index contributed by atoms with van der Waals surface area (Å²) in [5, 5.41) is 22.6. The van der Waals surface area contributed by atoms with Crippen molar-refractivity contribution in [2.75, 3.05) is 0 Å². The Morgan fingerprint density at radius 1 is 1.24 bits per heavy atom. The largest absolute Gasteiger partial charge is 0.573 e. The molecule has 0 bridgehead atoms. The lowest BCUT2D eigenvalue weighted by Crippen LogP contribution is -2.17. The van der Waals surface area contributed by atoms with Crippen LogP contribution >= 0.6 is 0 Å². The zero-order chi connectivity index (χ0) is 18.4. The molecule has 2 heterocycles. The summed E-state index contributed by atoms with van der Waals surface area (Å²) in [6.07, 6.45) is -4.85. The number of hydrogen-bond acceptors (Lipinski definition) is 5. The summed E-state index contributed by atoms with van der Waals surface area (Å²) in [6, 6.07) is 5.15. The van der Waals surface area contributed by atoms with Gasteiger partial charge in [-0.25, -0.2) is 9.48 Å².